The molecule has 1 aliphatic heterocycles. The number of thioether (sulfide) groups is 1. The molecule has 1 aromatic heterocycles. The van der Waals surface area contributed by atoms with Gasteiger partial charge in [-0.25, -0.2) is 0 Å². The van der Waals surface area contributed by atoms with Crippen LogP contribution in [0, 0.1) is 6.92 Å². The second-order valence-corrected chi connectivity index (χ2v) is 8.60. The molecule has 122 valence electrons. The fourth-order valence-corrected chi connectivity index (χ4v) is 5.29. The van der Waals surface area contributed by atoms with Gasteiger partial charge in [0.05, 0.1) is 4.88 Å². The topological polar surface area (TPSA) is 21.6 Å². The van der Waals surface area contributed by atoms with Gasteiger partial charge in [0.2, 0.25) is 0 Å². The van der Waals surface area contributed by atoms with Crippen LogP contribution in [0.2, 0.25) is 10.0 Å². The number of nitrogens with zero attached hydrogens (tertiary/aromatic N) is 1. The van der Waals surface area contributed by atoms with E-state index >= 15 is 0 Å². The summed E-state index contributed by atoms with van der Waals surface area (Å²) < 4.78 is 0. The summed E-state index contributed by atoms with van der Waals surface area (Å²) in [5.41, 5.74) is 3.02. The summed E-state index contributed by atoms with van der Waals surface area (Å²) in [6.07, 6.45) is 0.831. The van der Waals surface area contributed by atoms with Crippen molar-refractivity contribution in [2.75, 3.05) is 5.75 Å². The molecular weight excluding hydrogens is 369 g/mol. The van der Waals surface area contributed by atoms with Crippen LogP contribution in [0.15, 0.2) is 34.8 Å². The molecule has 6 heteroatoms. The van der Waals surface area contributed by atoms with Crippen molar-refractivity contribution in [1.29, 1.82) is 0 Å². The van der Waals surface area contributed by atoms with Gasteiger partial charge < -0.3 is 4.84 Å². The van der Waals surface area contributed by atoms with Gasteiger partial charge in [0.1, 0.15) is 11.3 Å². The fourth-order valence-electron chi connectivity index (χ4n) is 2.49. The third-order valence-corrected chi connectivity index (χ3v) is 6.84. The van der Waals surface area contributed by atoms with Gasteiger partial charge >= 0.3 is 0 Å². The Morgan fingerprint density at radius 3 is 2.70 bits per heavy atom. The predicted octanol–water partition coefficient (Wildman–Crippen LogP) is 6.18. The van der Waals surface area contributed by atoms with Gasteiger partial charge in [-0.15, -0.1) is 11.3 Å². The molecule has 23 heavy (non-hydrogen) atoms. The van der Waals surface area contributed by atoms with E-state index in [4.69, 9.17) is 28.0 Å². The van der Waals surface area contributed by atoms with E-state index < -0.39 is 0 Å². The molecule has 0 N–H and O–H groups in total. The molecule has 0 saturated heterocycles. The number of oxime groups is 1. The lowest BCUT2D eigenvalue weighted by Gasteiger charge is -2.21. The molecule has 0 aliphatic carbocycles. The van der Waals surface area contributed by atoms with Crippen molar-refractivity contribution in [2.24, 2.45) is 5.16 Å². The monoisotopic (exact) mass is 385 g/mol. The van der Waals surface area contributed by atoms with Crippen LogP contribution in [0.3, 0.4) is 0 Å². The van der Waals surface area contributed by atoms with Crippen LogP contribution in [0.4, 0.5) is 0 Å². The van der Waals surface area contributed by atoms with Crippen molar-refractivity contribution in [2.45, 2.75) is 31.6 Å². The molecular formula is C17H17Cl2NOS2. The third-order valence-electron chi connectivity index (χ3n) is 3.76. The molecule has 1 aliphatic rings. The van der Waals surface area contributed by atoms with Crippen LogP contribution in [0.25, 0.3) is 0 Å². The maximum atomic E-state index is 6.22. The summed E-state index contributed by atoms with van der Waals surface area (Å²) in [5.74, 6) is 1.61. The highest BCUT2D eigenvalue weighted by Crippen LogP contribution is 2.35. The second-order valence-electron chi connectivity index (χ2n) is 5.88. The Bertz CT molecular complexity index is 724. The molecule has 0 amide bonds. The Hall–Kier alpha value is -0.680. The molecule has 0 fully saturated rings. The van der Waals surface area contributed by atoms with Crippen molar-refractivity contribution < 1.29 is 4.84 Å². The lowest BCUT2D eigenvalue weighted by atomic mass is 10.0. The summed E-state index contributed by atoms with van der Waals surface area (Å²) in [5, 5.41) is 7.84. The summed E-state index contributed by atoms with van der Waals surface area (Å²) >= 11 is 15.9. The van der Waals surface area contributed by atoms with Crippen LogP contribution in [0.5, 0.6) is 0 Å². The minimum atomic E-state index is -0.274. The first kappa shape index (κ1) is 17.2. The van der Waals surface area contributed by atoms with Crippen molar-refractivity contribution in [3.05, 3.63) is 55.7 Å². The smallest absolute Gasteiger partial charge is 0.149 e. The molecule has 2 nitrogen and oxygen atoms in total. The second kappa shape index (κ2) is 7.06. The summed E-state index contributed by atoms with van der Waals surface area (Å²) in [7, 11) is 0. The molecule has 2 heterocycles. The Kier molecular flexibility index (Phi) is 5.26. The first-order valence-corrected chi connectivity index (χ1v) is 10.1. The summed E-state index contributed by atoms with van der Waals surface area (Å²) in [6, 6.07) is 7.73. The van der Waals surface area contributed by atoms with E-state index in [2.05, 4.69) is 30.4 Å². The van der Waals surface area contributed by atoms with Gasteiger partial charge in [0.15, 0.2) is 0 Å². The summed E-state index contributed by atoms with van der Waals surface area (Å²) in [4.78, 5) is 6.97. The van der Waals surface area contributed by atoms with Crippen molar-refractivity contribution in [3.63, 3.8) is 0 Å². The normalized spacial score (nSPS) is 20.4. The van der Waals surface area contributed by atoms with Gasteiger partial charge in [0, 0.05) is 28.0 Å². The first-order chi connectivity index (χ1) is 11.0. The van der Waals surface area contributed by atoms with E-state index in [0.717, 1.165) is 29.2 Å². The van der Waals surface area contributed by atoms with Gasteiger partial charge in [-0.05, 0) is 48.6 Å². The SMILES string of the molecule is Cc1ccsc1C1=NOC(C)(CSCc2c(Cl)cccc2Cl)C1. The van der Waals surface area contributed by atoms with E-state index in [1.807, 2.05) is 18.2 Å². The highest BCUT2D eigenvalue weighted by atomic mass is 35.5. The molecule has 1 aromatic carbocycles. The van der Waals surface area contributed by atoms with Gasteiger partial charge in [-0.2, -0.15) is 11.8 Å². The van der Waals surface area contributed by atoms with Gasteiger partial charge in [-0.1, -0.05) is 34.4 Å². The zero-order valence-electron chi connectivity index (χ0n) is 12.9. The largest absolute Gasteiger partial charge is 0.388 e. The third kappa shape index (κ3) is 3.87. The van der Waals surface area contributed by atoms with Crippen LogP contribution in [-0.2, 0) is 10.6 Å². The average Bonchev–Trinajstić information content (AvgIpc) is 3.09. The number of hydrogen-bond donors (Lipinski definition) is 0. The van der Waals surface area contributed by atoms with Crippen molar-refractivity contribution in [3.8, 4) is 0 Å². The van der Waals surface area contributed by atoms with E-state index in [0.29, 0.717) is 10.0 Å². The average molecular weight is 386 g/mol. The van der Waals surface area contributed by atoms with Gasteiger partial charge in [0.25, 0.3) is 0 Å². The van der Waals surface area contributed by atoms with Crippen LogP contribution in [0.1, 0.15) is 29.3 Å². The number of halogens is 2. The molecule has 0 radical (unpaired) electrons. The molecule has 0 bridgehead atoms. The standard InChI is InChI=1S/C17H17Cl2NOS2/c1-11-6-7-23-16(11)15-8-17(2,21-20-15)10-22-9-12-13(18)4-3-5-14(12)19/h3-7H,8-10H2,1-2H3. The first-order valence-electron chi connectivity index (χ1n) is 7.29. The molecule has 2 aromatic rings. The minimum Gasteiger partial charge on any atom is -0.388 e. The predicted molar refractivity (Wildman–Crippen MR) is 102 cm³/mol. The lowest BCUT2D eigenvalue weighted by Crippen LogP contribution is -2.28. The number of aryl methyl sites for hydroxylation is 1. The highest BCUT2D eigenvalue weighted by Gasteiger charge is 2.35. The Morgan fingerprint density at radius 1 is 1.30 bits per heavy atom. The number of benzene rings is 1. The lowest BCUT2D eigenvalue weighted by molar-refractivity contribution is 0.0163. The van der Waals surface area contributed by atoms with E-state index in [-0.39, 0.29) is 5.60 Å². The number of hydrogen-bond acceptors (Lipinski definition) is 4. The Balaban J connectivity index is 1.58. The zero-order chi connectivity index (χ0) is 16.4. The summed E-state index contributed by atoms with van der Waals surface area (Å²) in [6.45, 7) is 4.21. The van der Waals surface area contributed by atoms with Crippen molar-refractivity contribution in [1.82, 2.24) is 0 Å². The van der Waals surface area contributed by atoms with E-state index in [9.17, 15) is 0 Å². The van der Waals surface area contributed by atoms with Gasteiger partial charge in [-0.3, -0.25) is 0 Å². The molecule has 0 saturated carbocycles. The van der Waals surface area contributed by atoms with E-state index in [1.54, 1.807) is 23.1 Å². The van der Waals surface area contributed by atoms with Crippen LogP contribution < -0.4 is 0 Å². The highest BCUT2D eigenvalue weighted by molar-refractivity contribution is 7.98. The van der Waals surface area contributed by atoms with E-state index in [1.165, 1.54) is 10.4 Å². The number of rotatable bonds is 5. The van der Waals surface area contributed by atoms with Crippen molar-refractivity contribution >= 4 is 52.0 Å². The van der Waals surface area contributed by atoms with Crippen LogP contribution in [-0.4, -0.2) is 17.1 Å². The maximum Gasteiger partial charge on any atom is 0.149 e. The molecule has 1 atom stereocenters. The van der Waals surface area contributed by atoms with Crippen LogP contribution >= 0.6 is 46.3 Å². The zero-order valence-corrected chi connectivity index (χ0v) is 16.1. The Labute approximate surface area is 154 Å². The number of thiophene rings is 1. The molecule has 1 unspecified atom stereocenters. The minimum absolute atomic E-state index is 0.274. The quantitative estimate of drug-likeness (QED) is 0.612. The fraction of sp³-hybridized carbons (Fsp3) is 0.353. The Morgan fingerprint density at radius 2 is 2.04 bits per heavy atom. The maximum absolute atomic E-state index is 6.22. The molecule has 3 rings (SSSR count). The molecule has 0 spiro atoms.